The Labute approximate surface area is 120 Å². The van der Waals surface area contributed by atoms with Crippen molar-refractivity contribution in [1.82, 2.24) is 10.6 Å². The molecule has 1 aliphatic carbocycles. The fourth-order valence-electron chi connectivity index (χ4n) is 3.83. The highest BCUT2D eigenvalue weighted by molar-refractivity contribution is 7.99. The monoisotopic (exact) mass is 282 g/mol. The van der Waals surface area contributed by atoms with E-state index >= 15 is 0 Å². The van der Waals surface area contributed by atoms with Crippen LogP contribution in [0.15, 0.2) is 0 Å². The molecule has 4 heteroatoms. The van der Waals surface area contributed by atoms with Gasteiger partial charge in [0.25, 0.3) is 0 Å². The first kappa shape index (κ1) is 13.7. The van der Waals surface area contributed by atoms with E-state index in [0.29, 0.717) is 11.3 Å². The van der Waals surface area contributed by atoms with E-state index in [1.54, 1.807) is 0 Å². The zero-order chi connectivity index (χ0) is 13.1. The largest absolute Gasteiger partial charge is 0.354 e. The van der Waals surface area contributed by atoms with E-state index in [1.807, 2.05) is 11.8 Å². The van der Waals surface area contributed by atoms with Crippen molar-refractivity contribution in [2.24, 2.45) is 5.92 Å². The van der Waals surface area contributed by atoms with Gasteiger partial charge in [-0.3, -0.25) is 4.79 Å². The summed E-state index contributed by atoms with van der Waals surface area (Å²) in [6, 6.07) is 0.704. The van der Waals surface area contributed by atoms with E-state index in [9.17, 15) is 4.79 Å². The van der Waals surface area contributed by atoms with Gasteiger partial charge in [0, 0.05) is 17.8 Å². The summed E-state index contributed by atoms with van der Waals surface area (Å²) in [7, 11) is 0. The van der Waals surface area contributed by atoms with Gasteiger partial charge >= 0.3 is 0 Å². The molecule has 2 saturated heterocycles. The molecular formula is C15H26N2OS. The van der Waals surface area contributed by atoms with Crippen molar-refractivity contribution in [3.8, 4) is 0 Å². The number of thioether (sulfide) groups is 1. The molecule has 2 N–H and O–H groups in total. The zero-order valence-corrected chi connectivity index (χ0v) is 12.5. The molecule has 3 rings (SSSR count). The molecule has 3 nitrogen and oxygen atoms in total. The Balaban J connectivity index is 1.43. The van der Waals surface area contributed by atoms with Gasteiger partial charge in [-0.2, -0.15) is 11.8 Å². The quantitative estimate of drug-likeness (QED) is 0.834. The number of fused-ring (bicyclic) bond motifs is 1. The maximum Gasteiger partial charge on any atom is 0.237 e. The number of hydrogen-bond acceptors (Lipinski definition) is 3. The van der Waals surface area contributed by atoms with E-state index in [2.05, 4.69) is 10.6 Å². The lowest BCUT2D eigenvalue weighted by atomic mass is 9.85. The van der Waals surface area contributed by atoms with Crippen molar-refractivity contribution in [3.63, 3.8) is 0 Å². The Morgan fingerprint density at radius 2 is 2.00 bits per heavy atom. The van der Waals surface area contributed by atoms with Gasteiger partial charge < -0.3 is 10.6 Å². The summed E-state index contributed by atoms with van der Waals surface area (Å²) in [6.45, 7) is 0.872. The lowest BCUT2D eigenvalue weighted by Crippen LogP contribution is -2.45. The lowest BCUT2D eigenvalue weighted by Gasteiger charge is -2.24. The van der Waals surface area contributed by atoms with Gasteiger partial charge in [0.1, 0.15) is 0 Å². The fraction of sp³-hybridized carbons (Fsp3) is 0.933. The molecule has 0 aromatic heterocycles. The van der Waals surface area contributed by atoms with Gasteiger partial charge in [-0.25, -0.2) is 0 Å². The molecule has 0 radical (unpaired) electrons. The summed E-state index contributed by atoms with van der Waals surface area (Å²) in [6.07, 6.45) is 10.3. The maximum atomic E-state index is 12.2. The van der Waals surface area contributed by atoms with Gasteiger partial charge in [0.05, 0.1) is 6.04 Å². The van der Waals surface area contributed by atoms with Gasteiger partial charge in [-0.1, -0.05) is 19.3 Å². The predicted molar refractivity (Wildman–Crippen MR) is 80.4 cm³/mol. The molecule has 19 heavy (non-hydrogen) atoms. The standard InChI is InChI=1S/C15H26N2OS/c18-15(16-10-12-6-3-4-8-19-12)14-9-11-5-1-2-7-13(11)17-14/h11-14,17H,1-10H2,(H,16,18). The fourth-order valence-corrected chi connectivity index (χ4v) is 5.07. The molecule has 1 amide bonds. The van der Waals surface area contributed by atoms with Crippen LogP contribution in [0.25, 0.3) is 0 Å². The Bertz CT molecular complexity index is 303. The minimum atomic E-state index is 0.0849. The number of carbonyl (C=O) groups excluding carboxylic acids is 1. The third-order valence-electron chi connectivity index (χ3n) is 4.96. The summed E-state index contributed by atoms with van der Waals surface area (Å²) < 4.78 is 0. The Morgan fingerprint density at radius 1 is 1.16 bits per heavy atom. The van der Waals surface area contributed by atoms with Gasteiger partial charge in [-0.05, 0) is 43.8 Å². The van der Waals surface area contributed by atoms with Crippen molar-refractivity contribution >= 4 is 17.7 Å². The summed E-state index contributed by atoms with van der Waals surface area (Å²) in [5.74, 6) is 2.28. The number of hydrogen-bond donors (Lipinski definition) is 2. The Kier molecular flexibility index (Phi) is 4.69. The summed E-state index contributed by atoms with van der Waals surface area (Å²) in [5.41, 5.74) is 0. The average Bonchev–Trinajstić information content (AvgIpc) is 2.90. The molecule has 3 fully saturated rings. The van der Waals surface area contributed by atoms with Crippen molar-refractivity contribution in [3.05, 3.63) is 0 Å². The second kappa shape index (κ2) is 6.49. The van der Waals surface area contributed by atoms with Crippen LogP contribution in [0, 0.1) is 5.92 Å². The van der Waals surface area contributed by atoms with Crippen molar-refractivity contribution < 1.29 is 4.79 Å². The molecule has 1 saturated carbocycles. The first-order valence-electron chi connectivity index (χ1n) is 7.98. The predicted octanol–water partition coefficient (Wildman–Crippen LogP) is 2.31. The molecule has 2 heterocycles. The third kappa shape index (κ3) is 3.46. The van der Waals surface area contributed by atoms with Crippen molar-refractivity contribution in [2.75, 3.05) is 12.3 Å². The highest BCUT2D eigenvalue weighted by atomic mass is 32.2. The van der Waals surface area contributed by atoms with Crippen LogP contribution in [0.2, 0.25) is 0 Å². The normalized spacial score (nSPS) is 38.7. The Morgan fingerprint density at radius 3 is 2.79 bits per heavy atom. The molecule has 4 unspecified atom stereocenters. The van der Waals surface area contributed by atoms with Crippen LogP contribution in [-0.4, -0.2) is 35.5 Å². The van der Waals surface area contributed by atoms with Crippen LogP contribution in [0.1, 0.15) is 51.4 Å². The number of rotatable bonds is 3. The molecule has 4 atom stereocenters. The van der Waals surface area contributed by atoms with Crippen LogP contribution < -0.4 is 10.6 Å². The van der Waals surface area contributed by atoms with E-state index in [1.165, 1.54) is 50.7 Å². The van der Waals surface area contributed by atoms with E-state index in [0.717, 1.165) is 18.9 Å². The van der Waals surface area contributed by atoms with Crippen molar-refractivity contribution in [2.45, 2.75) is 68.7 Å². The van der Waals surface area contributed by atoms with Crippen LogP contribution >= 0.6 is 11.8 Å². The van der Waals surface area contributed by atoms with Gasteiger partial charge in [0.2, 0.25) is 5.91 Å². The van der Waals surface area contributed by atoms with Crippen LogP contribution in [-0.2, 0) is 4.79 Å². The second-order valence-electron chi connectivity index (χ2n) is 6.34. The first-order valence-corrected chi connectivity index (χ1v) is 9.03. The highest BCUT2D eigenvalue weighted by Crippen LogP contribution is 2.33. The molecule has 0 spiro atoms. The number of carbonyl (C=O) groups is 1. The third-order valence-corrected chi connectivity index (χ3v) is 6.36. The van der Waals surface area contributed by atoms with Gasteiger partial charge in [-0.15, -0.1) is 0 Å². The lowest BCUT2D eigenvalue weighted by molar-refractivity contribution is -0.122. The SMILES string of the molecule is O=C(NCC1CCCCS1)C1CC2CCCCC2N1. The van der Waals surface area contributed by atoms with E-state index < -0.39 is 0 Å². The van der Waals surface area contributed by atoms with Crippen molar-refractivity contribution in [1.29, 1.82) is 0 Å². The van der Waals surface area contributed by atoms with Crippen LogP contribution in [0.3, 0.4) is 0 Å². The van der Waals surface area contributed by atoms with E-state index in [-0.39, 0.29) is 11.9 Å². The zero-order valence-electron chi connectivity index (χ0n) is 11.7. The number of amides is 1. The Hall–Kier alpha value is -0.220. The average molecular weight is 282 g/mol. The maximum absolute atomic E-state index is 12.2. The summed E-state index contributed by atoms with van der Waals surface area (Å²) >= 11 is 2.03. The minimum absolute atomic E-state index is 0.0849. The molecule has 3 aliphatic rings. The van der Waals surface area contributed by atoms with Crippen LogP contribution in [0.5, 0.6) is 0 Å². The smallest absolute Gasteiger partial charge is 0.237 e. The van der Waals surface area contributed by atoms with Gasteiger partial charge in [0.15, 0.2) is 0 Å². The van der Waals surface area contributed by atoms with E-state index in [4.69, 9.17) is 0 Å². The van der Waals surface area contributed by atoms with Crippen LogP contribution in [0.4, 0.5) is 0 Å². The summed E-state index contributed by atoms with van der Waals surface area (Å²) in [4.78, 5) is 12.2. The number of nitrogens with one attached hydrogen (secondary N) is 2. The first-order chi connectivity index (χ1) is 9.33. The highest BCUT2D eigenvalue weighted by Gasteiger charge is 2.38. The molecule has 0 bridgehead atoms. The second-order valence-corrected chi connectivity index (χ2v) is 7.75. The molecule has 2 aliphatic heterocycles. The minimum Gasteiger partial charge on any atom is -0.354 e. The molecule has 0 aromatic carbocycles. The molecule has 108 valence electrons. The topological polar surface area (TPSA) is 41.1 Å². The molecular weight excluding hydrogens is 256 g/mol. The summed E-state index contributed by atoms with van der Waals surface area (Å²) in [5, 5.41) is 7.40. The molecule has 0 aromatic rings.